The number of ether oxygens (including phenoxy) is 1. The molecule has 0 spiro atoms. The number of hydrogen-bond donors (Lipinski definition) is 1. The van der Waals surface area contributed by atoms with Gasteiger partial charge in [-0.15, -0.1) is 0 Å². The van der Waals surface area contributed by atoms with Crippen molar-refractivity contribution in [2.75, 3.05) is 25.0 Å². The standard InChI is InChI=1S/C28H34N4O/c1-2-6-23(7-3-1)13-14-28(26-8-4-5-19-33-26)15-18-32(22-28)21-24-9-11-25(12-10-24)31-27-20-29-16-17-30-27/h1-3,6-7,9-12,16-17,20,26H,4-5,8,13-15,18-19,21-22H2,(H,30,31). The molecule has 0 aliphatic carbocycles. The summed E-state index contributed by atoms with van der Waals surface area (Å²) < 4.78 is 6.38. The number of aryl methyl sites for hydroxylation is 1. The monoisotopic (exact) mass is 442 g/mol. The van der Waals surface area contributed by atoms with Crippen LogP contribution in [0.25, 0.3) is 0 Å². The van der Waals surface area contributed by atoms with Gasteiger partial charge >= 0.3 is 0 Å². The Morgan fingerprint density at radius 2 is 1.88 bits per heavy atom. The zero-order valence-electron chi connectivity index (χ0n) is 19.3. The predicted octanol–water partition coefficient (Wildman–Crippen LogP) is 5.61. The number of hydrogen-bond acceptors (Lipinski definition) is 5. The Labute approximate surface area is 197 Å². The van der Waals surface area contributed by atoms with Crippen molar-refractivity contribution in [1.82, 2.24) is 14.9 Å². The van der Waals surface area contributed by atoms with E-state index < -0.39 is 0 Å². The molecule has 33 heavy (non-hydrogen) atoms. The van der Waals surface area contributed by atoms with Gasteiger partial charge in [0.15, 0.2) is 0 Å². The number of aromatic nitrogens is 2. The summed E-state index contributed by atoms with van der Waals surface area (Å²) in [6.45, 7) is 4.20. The quantitative estimate of drug-likeness (QED) is 0.491. The van der Waals surface area contributed by atoms with Crippen LogP contribution in [0.5, 0.6) is 0 Å². The second-order valence-corrected chi connectivity index (χ2v) is 9.58. The largest absolute Gasteiger partial charge is 0.378 e. The molecule has 2 aromatic carbocycles. The third-order valence-electron chi connectivity index (χ3n) is 7.28. The number of nitrogens with one attached hydrogen (secondary N) is 1. The van der Waals surface area contributed by atoms with Crippen LogP contribution in [-0.2, 0) is 17.7 Å². The minimum Gasteiger partial charge on any atom is -0.378 e. The lowest BCUT2D eigenvalue weighted by molar-refractivity contribution is -0.0684. The molecule has 2 unspecified atom stereocenters. The van der Waals surface area contributed by atoms with Gasteiger partial charge < -0.3 is 10.1 Å². The Hall–Kier alpha value is -2.76. The second kappa shape index (κ2) is 10.4. The van der Waals surface area contributed by atoms with E-state index in [2.05, 4.69) is 74.8 Å². The smallest absolute Gasteiger partial charge is 0.148 e. The van der Waals surface area contributed by atoms with Crippen LogP contribution in [0.1, 0.15) is 43.2 Å². The summed E-state index contributed by atoms with van der Waals surface area (Å²) >= 11 is 0. The topological polar surface area (TPSA) is 50.3 Å². The molecule has 0 radical (unpaired) electrons. The van der Waals surface area contributed by atoms with Gasteiger partial charge in [-0.3, -0.25) is 9.88 Å². The molecule has 2 aliphatic heterocycles. The minimum atomic E-state index is 0.268. The fraction of sp³-hybridized carbons (Fsp3) is 0.429. The molecule has 5 heteroatoms. The van der Waals surface area contributed by atoms with Crippen molar-refractivity contribution in [3.05, 3.63) is 84.3 Å². The normalized spacial score (nSPS) is 23.5. The van der Waals surface area contributed by atoms with Gasteiger partial charge in [-0.05, 0) is 68.3 Å². The Kier molecular flexibility index (Phi) is 6.98. The molecular formula is C28H34N4O. The fourth-order valence-corrected chi connectivity index (χ4v) is 5.47. The maximum atomic E-state index is 6.38. The SMILES string of the molecule is c1ccc(CCC2(C3CCCCO3)CCN(Cc3ccc(Nc4cnccn4)cc3)C2)cc1. The third kappa shape index (κ3) is 5.60. The van der Waals surface area contributed by atoms with Gasteiger partial charge in [-0.1, -0.05) is 42.5 Å². The van der Waals surface area contributed by atoms with E-state index in [1.165, 1.54) is 43.2 Å². The fourth-order valence-electron chi connectivity index (χ4n) is 5.47. The molecule has 5 rings (SSSR count). The predicted molar refractivity (Wildman–Crippen MR) is 132 cm³/mol. The number of rotatable bonds is 8. The average molecular weight is 443 g/mol. The molecule has 3 aromatic rings. The molecule has 1 aromatic heterocycles. The first-order chi connectivity index (χ1) is 16.3. The molecule has 1 N–H and O–H groups in total. The number of nitrogens with zero attached hydrogens (tertiary/aromatic N) is 3. The summed E-state index contributed by atoms with van der Waals surface area (Å²) in [7, 11) is 0. The van der Waals surface area contributed by atoms with Gasteiger partial charge in [-0.2, -0.15) is 0 Å². The van der Waals surface area contributed by atoms with Crippen LogP contribution in [0.2, 0.25) is 0 Å². The maximum absolute atomic E-state index is 6.38. The molecule has 172 valence electrons. The van der Waals surface area contributed by atoms with Gasteiger partial charge in [0.25, 0.3) is 0 Å². The zero-order valence-corrected chi connectivity index (χ0v) is 19.3. The molecule has 2 saturated heterocycles. The van der Waals surface area contributed by atoms with Crippen molar-refractivity contribution < 1.29 is 4.74 Å². The van der Waals surface area contributed by atoms with Crippen molar-refractivity contribution in [3.8, 4) is 0 Å². The van der Waals surface area contributed by atoms with Crippen LogP contribution >= 0.6 is 0 Å². The number of anilines is 2. The Morgan fingerprint density at radius 3 is 2.64 bits per heavy atom. The van der Waals surface area contributed by atoms with Crippen LogP contribution < -0.4 is 5.32 Å². The first kappa shape index (κ1) is 22.1. The maximum Gasteiger partial charge on any atom is 0.148 e. The summed E-state index contributed by atoms with van der Waals surface area (Å²) in [6, 6.07) is 19.7. The molecule has 0 amide bonds. The van der Waals surface area contributed by atoms with Crippen molar-refractivity contribution in [2.24, 2.45) is 5.41 Å². The van der Waals surface area contributed by atoms with Gasteiger partial charge in [0, 0.05) is 43.2 Å². The highest BCUT2D eigenvalue weighted by molar-refractivity contribution is 5.55. The van der Waals surface area contributed by atoms with Crippen LogP contribution in [0.3, 0.4) is 0 Å². The minimum absolute atomic E-state index is 0.268. The third-order valence-corrected chi connectivity index (χ3v) is 7.28. The van der Waals surface area contributed by atoms with E-state index in [1.807, 2.05) is 0 Å². The second-order valence-electron chi connectivity index (χ2n) is 9.58. The Balaban J connectivity index is 1.23. The van der Waals surface area contributed by atoms with Crippen molar-refractivity contribution >= 4 is 11.5 Å². The van der Waals surface area contributed by atoms with Crippen LogP contribution in [0.4, 0.5) is 11.5 Å². The molecule has 0 bridgehead atoms. The zero-order chi connectivity index (χ0) is 22.3. The number of likely N-dealkylation sites (tertiary alicyclic amines) is 1. The molecule has 3 heterocycles. The summed E-state index contributed by atoms with van der Waals surface area (Å²) in [5.74, 6) is 0.764. The molecule has 5 nitrogen and oxygen atoms in total. The van der Waals surface area contributed by atoms with E-state index in [0.717, 1.165) is 44.2 Å². The van der Waals surface area contributed by atoms with E-state index in [0.29, 0.717) is 6.10 Å². The van der Waals surface area contributed by atoms with E-state index in [1.54, 1.807) is 18.6 Å². The lowest BCUT2D eigenvalue weighted by Crippen LogP contribution is -2.42. The number of benzene rings is 2. The van der Waals surface area contributed by atoms with Crippen LogP contribution in [0.15, 0.2) is 73.2 Å². The van der Waals surface area contributed by atoms with E-state index >= 15 is 0 Å². The summed E-state index contributed by atoms with van der Waals surface area (Å²) in [5, 5.41) is 3.31. The van der Waals surface area contributed by atoms with Gasteiger partial charge in [0.05, 0.1) is 12.3 Å². The molecule has 2 fully saturated rings. The van der Waals surface area contributed by atoms with Crippen LogP contribution in [0, 0.1) is 5.41 Å². The van der Waals surface area contributed by atoms with Crippen LogP contribution in [-0.4, -0.2) is 40.7 Å². The average Bonchev–Trinajstić information content (AvgIpc) is 3.30. The molecule has 2 atom stereocenters. The Bertz CT molecular complexity index is 989. The highest BCUT2D eigenvalue weighted by Gasteiger charge is 2.45. The molecule has 2 aliphatic rings. The van der Waals surface area contributed by atoms with Gasteiger partial charge in [-0.25, -0.2) is 4.98 Å². The summed E-state index contributed by atoms with van der Waals surface area (Å²) in [5.41, 5.74) is 4.10. The van der Waals surface area contributed by atoms with E-state index in [4.69, 9.17) is 4.74 Å². The van der Waals surface area contributed by atoms with Gasteiger partial charge in [0.1, 0.15) is 5.82 Å². The lowest BCUT2D eigenvalue weighted by Gasteiger charge is -2.40. The highest BCUT2D eigenvalue weighted by Crippen LogP contribution is 2.43. The summed E-state index contributed by atoms with van der Waals surface area (Å²) in [6.07, 6.45) is 12.8. The molecular weight excluding hydrogens is 408 g/mol. The van der Waals surface area contributed by atoms with E-state index in [9.17, 15) is 0 Å². The van der Waals surface area contributed by atoms with Crippen molar-refractivity contribution in [1.29, 1.82) is 0 Å². The van der Waals surface area contributed by atoms with Crippen molar-refractivity contribution in [2.45, 2.75) is 51.2 Å². The highest BCUT2D eigenvalue weighted by atomic mass is 16.5. The van der Waals surface area contributed by atoms with E-state index in [-0.39, 0.29) is 5.41 Å². The lowest BCUT2D eigenvalue weighted by atomic mass is 9.74. The summed E-state index contributed by atoms with van der Waals surface area (Å²) in [4.78, 5) is 11.0. The Morgan fingerprint density at radius 1 is 1.00 bits per heavy atom. The van der Waals surface area contributed by atoms with Gasteiger partial charge in [0.2, 0.25) is 0 Å². The first-order valence-electron chi connectivity index (χ1n) is 12.3. The first-order valence-corrected chi connectivity index (χ1v) is 12.3. The van der Waals surface area contributed by atoms with Crippen molar-refractivity contribution in [3.63, 3.8) is 0 Å². The molecule has 0 saturated carbocycles.